The Kier molecular flexibility index (Phi) is 6.55. The van der Waals surface area contributed by atoms with Gasteiger partial charge in [0.1, 0.15) is 6.61 Å². The second-order valence-electron chi connectivity index (χ2n) is 7.44. The molecule has 1 aromatic carbocycles. The van der Waals surface area contributed by atoms with Crippen LogP contribution in [0.2, 0.25) is 0 Å². The van der Waals surface area contributed by atoms with Crippen LogP contribution in [0.1, 0.15) is 70.3 Å². The van der Waals surface area contributed by atoms with Crippen molar-refractivity contribution >= 4 is 6.09 Å². The first-order valence-electron chi connectivity index (χ1n) is 9.96. The maximum atomic E-state index is 12.5. The fraction of sp³-hybridized carbons (Fsp3) is 0.591. The summed E-state index contributed by atoms with van der Waals surface area (Å²) in [5.41, 5.74) is 2.61. The molecule has 1 aromatic rings. The van der Waals surface area contributed by atoms with Gasteiger partial charge in [0.2, 0.25) is 0 Å². The minimum atomic E-state index is -0.144. The lowest BCUT2D eigenvalue weighted by Crippen LogP contribution is -2.43. The number of unbranched alkanes of at least 4 members (excludes halogenated alkanes) is 4. The van der Waals surface area contributed by atoms with Crippen molar-refractivity contribution in [3.05, 3.63) is 47.5 Å². The highest BCUT2D eigenvalue weighted by atomic mass is 16.6. The molecule has 136 valence electrons. The van der Waals surface area contributed by atoms with Crippen LogP contribution in [0, 0.1) is 0 Å². The average molecular weight is 341 g/mol. The van der Waals surface area contributed by atoms with Gasteiger partial charge in [-0.05, 0) is 37.7 Å². The molecule has 3 rings (SSSR count). The van der Waals surface area contributed by atoms with E-state index in [2.05, 4.69) is 13.0 Å². The number of carbonyl (C=O) groups excluding carboxylic acids is 1. The largest absolute Gasteiger partial charge is 0.445 e. The number of benzene rings is 1. The lowest BCUT2D eigenvalue weighted by molar-refractivity contribution is 0.0814. The van der Waals surface area contributed by atoms with Gasteiger partial charge in [-0.2, -0.15) is 0 Å². The molecule has 0 N–H and O–H groups in total. The highest BCUT2D eigenvalue weighted by Gasteiger charge is 2.40. The standard InChI is InChI=1S/C22H31NO2/c1-2-3-4-5-7-12-19-15-20-13-14-21(16-19)23(20)22(24)25-17-18-10-8-6-9-11-18/h6,8-11,15,20-21H,2-5,7,12-14,16-17H2,1H3. The van der Waals surface area contributed by atoms with E-state index < -0.39 is 0 Å². The van der Waals surface area contributed by atoms with Crippen LogP contribution < -0.4 is 0 Å². The molecule has 0 saturated carbocycles. The predicted molar refractivity (Wildman–Crippen MR) is 101 cm³/mol. The quantitative estimate of drug-likeness (QED) is 0.438. The molecule has 25 heavy (non-hydrogen) atoms. The molecule has 1 saturated heterocycles. The van der Waals surface area contributed by atoms with Gasteiger partial charge in [0, 0.05) is 6.04 Å². The summed E-state index contributed by atoms with van der Waals surface area (Å²) >= 11 is 0. The number of hydrogen-bond donors (Lipinski definition) is 0. The Morgan fingerprint density at radius 3 is 2.68 bits per heavy atom. The van der Waals surface area contributed by atoms with E-state index in [9.17, 15) is 4.79 Å². The zero-order valence-corrected chi connectivity index (χ0v) is 15.5. The molecule has 1 fully saturated rings. The number of hydrogen-bond acceptors (Lipinski definition) is 2. The van der Waals surface area contributed by atoms with Crippen molar-refractivity contribution in [3.8, 4) is 0 Å². The van der Waals surface area contributed by atoms with E-state index in [-0.39, 0.29) is 12.1 Å². The lowest BCUT2D eigenvalue weighted by Gasteiger charge is -2.33. The molecule has 3 nitrogen and oxygen atoms in total. The smallest absolute Gasteiger partial charge is 0.410 e. The van der Waals surface area contributed by atoms with Crippen LogP contribution in [-0.4, -0.2) is 23.1 Å². The lowest BCUT2D eigenvalue weighted by atomic mass is 9.96. The molecule has 2 heterocycles. The molecule has 0 aliphatic carbocycles. The molecule has 0 aromatic heterocycles. The van der Waals surface area contributed by atoms with Crippen molar-refractivity contribution in [2.45, 2.75) is 83.4 Å². The molecule has 2 atom stereocenters. The van der Waals surface area contributed by atoms with Gasteiger partial charge in [0.15, 0.2) is 0 Å². The number of ether oxygens (including phenoxy) is 1. The minimum absolute atomic E-state index is 0.144. The van der Waals surface area contributed by atoms with Gasteiger partial charge in [0.05, 0.1) is 6.04 Å². The Labute approximate surface area is 152 Å². The van der Waals surface area contributed by atoms with E-state index in [1.54, 1.807) is 5.57 Å². The van der Waals surface area contributed by atoms with Gasteiger partial charge in [0.25, 0.3) is 0 Å². The fourth-order valence-electron chi connectivity index (χ4n) is 4.14. The van der Waals surface area contributed by atoms with Crippen molar-refractivity contribution < 1.29 is 9.53 Å². The van der Waals surface area contributed by atoms with Crippen LogP contribution >= 0.6 is 0 Å². The Morgan fingerprint density at radius 1 is 1.12 bits per heavy atom. The first kappa shape index (κ1) is 18.0. The number of amides is 1. The van der Waals surface area contributed by atoms with Gasteiger partial charge >= 0.3 is 6.09 Å². The first-order chi connectivity index (χ1) is 12.3. The second-order valence-corrected chi connectivity index (χ2v) is 7.44. The first-order valence-corrected chi connectivity index (χ1v) is 9.96. The zero-order chi connectivity index (χ0) is 17.5. The summed E-state index contributed by atoms with van der Waals surface area (Å²) in [5.74, 6) is 0. The van der Waals surface area contributed by atoms with E-state index in [1.165, 1.54) is 38.5 Å². The summed E-state index contributed by atoms with van der Waals surface area (Å²) in [5, 5.41) is 0. The summed E-state index contributed by atoms with van der Waals surface area (Å²) in [6.07, 6.45) is 13.3. The number of rotatable bonds is 8. The van der Waals surface area contributed by atoms with Crippen LogP contribution in [0.15, 0.2) is 42.0 Å². The molecular formula is C22H31NO2. The summed E-state index contributed by atoms with van der Waals surface area (Å²) < 4.78 is 5.57. The maximum absolute atomic E-state index is 12.5. The molecule has 0 radical (unpaired) electrons. The predicted octanol–water partition coefficient (Wildman–Crippen LogP) is 5.85. The van der Waals surface area contributed by atoms with Crippen LogP contribution in [-0.2, 0) is 11.3 Å². The third kappa shape index (κ3) is 4.87. The summed E-state index contributed by atoms with van der Waals surface area (Å²) in [4.78, 5) is 14.5. The van der Waals surface area contributed by atoms with Crippen molar-refractivity contribution in [1.82, 2.24) is 4.90 Å². The van der Waals surface area contributed by atoms with Crippen molar-refractivity contribution in [2.75, 3.05) is 0 Å². The third-order valence-electron chi connectivity index (χ3n) is 5.49. The van der Waals surface area contributed by atoms with Gasteiger partial charge in [-0.3, -0.25) is 4.90 Å². The summed E-state index contributed by atoms with van der Waals surface area (Å²) in [6, 6.07) is 10.5. The molecular weight excluding hydrogens is 310 g/mol. The minimum Gasteiger partial charge on any atom is -0.445 e. The van der Waals surface area contributed by atoms with Gasteiger partial charge in [-0.15, -0.1) is 0 Å². The van der Waals surface area contributed by atoms with E-state index in [0.717, 1.165) is 24.8 Å². The topological polar surface area (TPSA) is 29.5 Å². The normalized spacial score (nSPS) is 22.0. The van der Waals surface area contributed by atoms with Crippen molar-refractivity contribution in [3.63, 3.8) is 0 Å². The van der Waals surface area contributed by atoms with E-state index in [0.29, 0.717) is 12.6 Å². The van der Waals surface area contributed by atoms with Gasteiger partial charge in [-0.1, -0.05) is 74.6 Å². The Balaban J connectivity index is 1.48. The van der Waals surface area contributed by atoms with Crippen molar-refractivity contribution in [1.29, 1.82) is 0 Å². The molecule has 2 aliphatic rings. The maximum Gasteiger partial charge on any atom is 0.410 e. The monoisotopic (exact) mass is 341 g/mol. The number of nitrogens with zero attached hydrogens (tertiary/aromatic N) is 1. The van der Waals surface area contributed by atoms with Crippen LogP contribution in [0.25, 0.3) is 0 Å². The second kappa shape index (κ2) is 9.07. The van der Waals surface area contributed by atoms with Crippen molar-refractivity contribution in [2.24, 2.45) is 0 Å². The van der Waals surface area contributed by atoms with Gasteiger partial charge in [-0.25, -0.2) is 4.79 Å². The van der Waals surface area contributed by atoms with Crippen LogP contribution in [0.5, 0.6) is 0 Å². The molecule has 2 bridgehead atoms. The molecule has 2 unspecified atom stereocenters. The molecule has 1 amide bonds. The Morgan fingerprint density at radius 2 is 1.92 bits per heavy atom. The molecule has 2 aliphatic heterocycles. The van der Waals surface area contributed by atoms with Crippen LogP contribution in [0.3, 0.4) is 0 Å². The summed E-state index contributed by atoms with van der Waals surface area (Å²) in [7, 11) is 0. The average Bonchev–Trinajstić information content (AvgIpc) is 2.91. The van der Waals surface area contributed by atoms with Crippen LogP contribution in [0.4, 0.5) is 4.79 Å². The Hall–Kier alpha value is -1.77. The Bertz CT molecular complexity index is 581. The van der Waals surface area contributed by atoms with E-state index in [1.807, 2.05) is 35.2 Å². The molecule has 3 heteroatoms. The highest BCUT2D eigenvalue weighted by Crippen LogP contribution is 2.37. The van der Waals surface area contributed by atoms with Gasteiger partial charge < -0.3 is 4.74 Å². The fourth-order valence-corrected chi connectivity index (χ4v) is 4.14. The SMILES string of the molecule is CCCCCCCC1=CC2CCC(C1)N2C(=O)OCc1ccccc1. The van der Waals surface area contributed by atoms with E-state index in [4.69, 9.17) is 4.74 Å². The number of fused-ring (bicyclic) bond motifs is 2. The zero-order valence-electron chi connectivity index (χ0n) is 15.5. The van der Waals surface area contributed by atoms with E-state index >= 15 is 0 Å². The number of carbonyl (C=O) groups is 1. The summed E-state index contributed by atoms with van der Waals surface area (Å²) in [6.45, 7) is 2.62. The highest BCUT2D eigenvalue weighted by molar-refractivity contribution is 5.70. The molecule has 0 spiro atoms. The third-order valence-corrected chi connectivity index (χ3v) is 5.49.